The van der Waals surface area contributed by atoms with Gasteiger partial charge in [-0.05, 0) is 68.0 Å². The van der Waals surface area contributed by atoms with Crippen LogP contribution in [-0.4, -0.2) is 19.8 Å². The van der Waals surface area contributed by atoms with Crippen LogP contribution in [-0.2, 0) is 4.74 Å². The molecule has 1 aromatic rings. The maximum Gasteiger partial charge on any atom is 0.119 e. The van der Waals surface area contributed by atoms with Crippen LogP contribution in [0.25, 0.3) is 5.57 Å². The lowest BCUT2D eigenvalue weighted by atomic mass is 9.94. The van der Waals surface area contributed by atoms with Crippen molar-refractivity contribution in [3.63, 3.8) is 0 Å². The molecule has 0 N–H and O–H groups in total. The first-order chi connectivity index (χ1) is 11.1. The molecule has 0 atom stereocenters. The molecule has 0 heterocycles. The Morgan fingerprint density at radius 3 is 2.43 bits per heavy atom. The van der Waals surface area contributed by atoms with Gasteiger partial charge in [-0.3, -0.25) is 0 Å². The van der Waals surface area contributed by atoms with Crippen molar-refractivity contribution in [3.8, 4) is 5.75 Å². The van der Waals surface area contributed by atoms with E-state index in [0.717, 1.165) is 25.2 Å². The summed E-state index contributed by atoms with van der Waals surface area (Å²) in [5.74, 6) is 0.928. The van der Waals surface area contributed by atoms with E-state index in [4.69, 9.17) is 9.47 Å². The Balaban J connectivity index is 2.11. The standard InChI is InChI=1S/C21H28O2/c1-5-10-22-11-12-23-20-14-17(3)21(18(4)15-20)19-9-7-6-8-16(2)13-19/h6,8-9,13-15H,5,7,10-12H2,1-4H3. The molecule has 1 aromatic carbocycles. The summed E-state index contributed by atoms with van der Waals surface area (Å²) in [7, 11) is 0. The summed E-state index contributed by atoms with van der Waals surface area (Å²) < 4.78 is 11.3. The summed E-state index contributed by atoms with van der Waals surface area (Å²) in [5.41, 5.74) is 6.43. The van der Waals surface area contributed by atoms with Crippen molar-refractivity contribution < 1.29 is 9.47 Å². The number of allylic oxidation sites excluding steroid dienone is 6. The van der Waals surface area contributed by atoms with Gasteiger partial charge in [0, 0.05) is 6.61 Å². The molecule has 2 rings (SSSR count). The molecular formula is C21H28O2. The number of rotatable bonds is 7. The molecule has 0 bridgehead atoms. The fourth-order valence-corrected chi connectivity index (χ4v) is 2.90. The first-order valence-electron chi connectivity index (χ1n) is 8.49. The monoisotopic (exact) mass is 312 g/mol. The Hall–Kier alpha value is -1.80. The highest BCUT2D eigenvalue weighted by atomic mass is 16.5. The second-order valence-corrected chi connectivity index (χ2v) is 6.08. The number of aryl methyl sites for hydroxylation is 2. The fourth-order valence-electron chi connectivity index (χ4n) is 2.90. The predicted octanol–water partition coefficient (Wildman–Crippen LogP) is 5.40. The second-order valence-electron chi connectivity index (χ2n) is 6.08. The number of benzene rings is 1. The molecule has 0 aliphatic heterocycles. The first-order valence-corrected chi connectivity index (χ1v) is 8.49. The molecule has 1 aliphatic rings. The minimum Gasteiger partial charge on any atom is -0.491 e. The highest BCUT2D eigenvalue weighted by Gasteiger charge is 2.10. The van der Waals surface area contributed by atoms with Crippen molar-refractivity contribution in [2.45, 2.75) is 40.5 Å². The van der Waals surface area contributed by atoms with E-state index in [1.54, 1.807) is 0 Å². The number of hydrogen-bond acceptors (Lipinski definition) is 2. The second kappa shape index (κ2) is 8.73. The van der Waals surface area contributed by atoms with Crippen LogP contribution in [0.2, 0.25) is 0 Å². The Morgan fingerprint density at radius 1 is 1.00 bits per heavy atom. The molecule has 0 amide bonds. The van der Waals surface area contributed by atoms with Gasteiger partial charge in [-0.1, -0.05) is 36.8 Å². The Labute approximate surface area is 140 Å². The van der Waals surface area contributed by atoms with E-state index in [9.17, 15) is 0 Å². The Morgan fingerprint density at radius 2 is 1.74 bits per heavy atom. The SMILES string of the molecule is CCCOCCOc1cc(C)c(C2=CCC=CC(C)=C2)c(C)c1. The van der Waals surface area contributed by atoms with Crippen molar-refractivity contribution in [2.75, 3.05) is 19.8 Å². The molecule has 2 nitrogen and oxygen atoms in total. The Bertz CT molecular complexity index is 598. The van der Waals surface area contributed by atoms with Gasteiger partial charge in [-0.2, -0.15) is 0 Å². The van der Waals surface area contributed by atoms with Gasteiger partial charge >= 0.3 is 0 Å². The molecule has 2 heteroatoms. The van der Waals surface area contributed by atoms with Crippen LogP contribution < -0.4 is 4.74 Å². The van der Waals surface area contributed by atoms with E-state index in [1.807, 2.05) is 0 Å². The summed E-state index contributed by atoms with van der Waals surface area (Å²) in [4.78, 5) is 0. The van der Waals surface area contributed by atoms with Crippen molar-refractivity contribution in [1.82, 2.24) is 0 Å². The van der Waals surface area contributed by atoms with Crippen molar-refractivity contribution in [3.05, 3.63) is 58.7 Å². The van der Waals surface area contributed by atoms with Gasteiger partial charge in [0.2, 0.25) is 0 Å². The molecular weight excluding hydrogens is 284 g/mol. The van der Waals surface area contributed by atoms with Crippen LogP contribution >= 0.6 is 0 Å². The lowest BCUT2D eigenvalue weighted by Gasteiger charge is -2.15. The normalized spacial score (nSPS) is 14.3. The van der Waals surface area contributed by atoms with Crippen molar-refractivity contribution in [1.29, 1.82) is 0 Å². The zero-order chi connectivity index (χ0) is 16.7. The highest BCUT2D eigenvalue weighted by molar-refractivity contribution is 5.80. The van der Waals surface area contributed by atoms with Gasteiger partial charge in [0.1, 0.15) is 12.4 Å². The average Bonchev–Trinajstić information content (AvgIpc) is 2.71. The van der Waals surface area contributed by atoms with E-state index in [0.29, 0.717) is 13.2 Å². The third-order valence-electron chi connectivity index (χ3n) is 3.88. The van der Waals surface area contributed by atoms with Crippen LogP contribution in [0, 0.1) is 13.8 Å². The average molecular weight is 312 g/mol. The summed E-state index contributed by atoms with van der Waals surface area (Å²) in [6.45, 7) is 10.6. The van der Waals surface area contributed by atoms with Gasteiger partial charge in [-0.15, -0.1) is 0 Å². The fraction of sp³-hybridized carbons (Fsp3) is 0.429. The lowest BCUT2D eigenvalue weighted by Crippen LogP contribution is -2.07. The van der Waals surface area contributed by atoms with Crippen molar-refractivity contribution in [2.24, 2.45) is 0 Å². The maximum atomic E-state index is 5.83. The summed E-state index contributed by atoms with van der Waals surface area (Å²) in [5, 5.41) is 0. The van der Waals surface area contributed by atoms with Crippen molar-refractivity contribution >= 4 is 5.57 Å². The van der Waals surface area contributed by atoms with E-state index in [2.05, 4.69) is 64.1 Å². The molecule has 0 spiro atoms. The van der Waals surface area contributed by atoms with Crippen LogP contribution in [0.3, 0.4) is 0 Å². The quantitative estimate of drug-likeness (QED) is 0.628. The van der Waals surface area contributed by atoms with E-state index in [1.165, 1.54) is 27.8 Å². The number of ether oxygens (including phenoxy) is 2. The minimum atomic E-state index is 0.601. The zero-order valence-corrected chi connectivity index (χ0v) is 14.8. The van der Waals surface area contributed by atoms with E-state index >= 15 is 0 Å². The third kappa shape index (κ3) is 5.11. The zero-order valence-electron chi connectivity index (χ0n) is 14.8. The third-order valence-corrected chi connectivity index (χ3v) is 3.88. The molecule has 124 valence electrons. The van der Waals surface area contributed by atoms with Crippen LogP contribution in [0.5, 0.6) is 5.75 Å². The first kappa shape index (κ1) is 17.6. The van der Waals surface area contributed by atoms with Crippen LogP contribution in [0.1, 0.15) is 43.4 Å². The smallest absolute Gasteiger partial charge is 0.119 e. The van der Waals surface area contributed by atoms with Gasteiger partial charge < -0.3 is 9.47 Å². The topological polar surface area (TPSA) is 18.5 Å². The van der Waals surface area contributed by atoms with E-state index < -0.39 is 0 Å². The lowest BCUT2D eigenvalue weighted by molar-refractivity contribution is 0.101. The molecule has 0 saturated heterocycles. The molecule has 23 heavy (non-hydrogen) atoms. The highest BCUT2D eigenvalue weighted by Crippen LogP contribution is 2.30. The molecule has 1 aliphatic carbocycles. The van der Waals surface area contributed by atoms with Gasteiger partial charge in [0.15, 0.2) is 0 Å². The summed E-state index contributed by atoms with van der Waals surface area (Å²) in [6, 6.07) is 4.26. The molecule has 0 radical (unpaired) electrons. The molecule has 0 fully saturated rings. The largest absolute Gasteiger partial charge is 0.491 e. The number of hydrogen-bond donors (Lipinski definition) is 0. The Kier molecular flexibility index (Phi) is 6.66. The van der Waals surface area contributed by atoms with Crippen LogP contribution in [0.15, 0.2) is 42.0 Å². The maximum absolute atomic E-state index is 5.83. The van der Waals surface area contributed by atoms with Gasteiger partial charge in [0.05, 0.1) is 6.61 Å². The summed E-state index contributed by atoms with van der Waals surface area (Å²) in [6.07, 6.45) is 11.0. The summed E-state index contributed by atoms with van der Waals surface area (Å²) >= 11 is 0. The molecule has 0 saturated carbocycles. The van der Waals surface area contributed by atoms with E-state index in [-0.39, 0.29) is 0 Å². The van der Waals surface area contributed by atoms with Crippen LogP contribution in [0.4, 0.5) is 0 Å². The predicted molar refractivity (Wildman–Crippen MR) is 98.0 cm³/mol. The minimum absolute atomic E-state index is 0.601. The van der Waals surface area contributed by atoms with Gasteiger partial charge in [-0.25, -0.2) is 0 Å². The molecule has 0 aromatic heterocycles. The molecule has 0 unspecified atom stereocenters. The van der Waals surface area contributed by atoms with Gasteiger partial charge in [0.25, 0.3) is 0 Å².